The van der Waals surface area contributed by atoms with E-state index in [4.69, 9.17) is 16.3 Å². The lowest BCUT2D eigenvalue weighted by molar-refractivity contribution is -0.384. The standard InChI is InChI=1S/C18H13ClN4O5/c1-28-12-6-7-14(15(8-12)23(26)27)21-17(24)13-9-20-16(22-18(13)25)10-2-4-11(19)5-3-10/h2-9H,1H3,(H,21,24)(H,20,22,25). The number of carbonyl (C=O) groups is 1. The van der Waals surface area contributed by atoms with Crippen LogP contribution in [0.3, 0.4) is 0 Å². The number of rotatable bonds is 5. The predicted molar refractivity (Wildman–Crippen MR) is 103 cm³/mol. The summed E-state index contributed by atoms with van der Waals surface area (Å²) in [6.45, 7) is 0. The topological polar surface area (TPSA) is 127 Å². The van der Waals surface area contributed by atoms with Gasteiger partial charge in [-0.1, -0.05) is 11.6 Å². The second-order valence-corrected chi connectivity index (χ2v) is 6.01. The molecule has 1 amide bonds. The molecule has 3 rings (SSSR count). The lowest BCUT2D eigenvalue weighted by Crippen LogP contribution is -2.24. The van der Waals surface area contributed by atoms with Crippen LogP contribution in [0.1, 0.15) is 10.4 Å². The Bertz CT molecular complexity index is 1110. The highest BCUT2D eigenvalue weighted by atomic mass is 35.5. The van der Waals surface area contributed by atoms with E-state index in [1.54, 1.807) is 24.3 Å². The molecule has 1 heterocycles. The highest BCUT2D eigenvalue weighted by Gasteiger charge is 2.20. The Kier molecular flexibility index (Phi) is 5.37. The number of aromatic nitrogens is 2. The molecule has 9 nitrogen and oxygen atoms in total. The second kappa shape index (κ2) is 7.89. The van der Waals surface area contributed by atoms with Gasteiger partial charge in [0.1, 0.15) is 22.8 Å². The van der Waals surface area contributed by atoms with Crippen molar-refractivity contribution in [3.8, 4) is 17.1 Å². The van der Waals surface area contributed by atoms with Gasteiger partial charge in [-0.2, -0.15) is 0 Å². The Morgan fingerprint density at radius 2 is 1.96 bits per heavy atom. The molecule has 0 atom stereocenters. The molecule has 0 saturated carbocycles. The Morgan fingerprint density at radius 1 is 1.25 bits per heavy atom. The minimum absolute atomic E-state index is 0.0722. The number of nitrogens with one attached hydrogen (secondary N) is 2. The number of nitro groups is 1. The maximum absolute atomic E-state index is 12.4. The van der Waals surface area contributed by atoms with Gasteiger partial charge in [0.15, 0.2) is 0 Å². The summed E-state index contributed by atoms with van der Waals surface area (Å²) in [5.41, 5.74) is -0.803. The van der Waals surface area contributed by atoms with Gasteiger partial charge in [0, 0.05) is 16.8 Å². The molecule has 0 aliphatic carbocycles. The van der Waals surface area contributed by atoms with Gasteiger partial charge in [-0.25, -0.2) is 4.98 Å². The zero-order valence-corrected chi connectivity index (χ0v) is 15.2. The number of aromatic amines is 1. The minimum atomic E-state index is -0.829. The molecule has 0 aliphatic rings. The van der Waals surface area contributed by atoms with Crippen molar-refractivity contribution in [1.29, 1.82) is 0 Å². The van der Waals surface area contributed by atoms with Crippen LogP contribution in [0.2, 0.25) is 5.02 Å². The van der Waals surface area contributed by atoms with Crippen molar-refractivity contribution in [2.45, 2.75) is 0 Å². The predicted octanol–water partition coefficient (Wildman–Crippen LogP) is 3.26. The van der Waals surface area contributed by atoms with Gasteiger partial charge in [-0.3, -0.25) is 19.7 Å². The van der Waals surface area contributed by atoms with E-state index in [9.17, 15) is 19.7 Å². The average molecular weight is 401 g/mol. The third kappa shape index (κ3) is 3.99. The van der Waals surface area contributed by atoms with E-state index in [0.29, 0.717) is 10.6 Å². The number of amides is 1. The van der Waals surface area contributed by atoms with Crippen LogP contribution in [-0.2, 0) is 0 Å². The third-order valence-electron chi connectivity index (χ3n) is 3.81. The van der Waals surface area contributed by atoms with Gasteiger partial charge in [0.25, 0.3) is 17.2 Å². The monoisotopic (exact) mass is 400 g/mol. The van der Waals surface area contributed by atoms with Crippen molar-refractivity contribution in [1.82, 2.24) is 9.97 Å². The van der Waals surface area contributed by atoms with Gasteiger partial charge in [-0.15, -0.1) is 0 Å². The number of nitrogens with zero attached hydrogens (tertiary/aromatic N) is 2. The third-order valence-corrected chi connectivity index (χ3v) is 4.06. The maximum atomic E-state index is 12.4. The summed E-state index contributed by atoms with van der Waals surface area (Å²) in [5, 5.41) is 14.1. The molecule has 0 radical (unpaired) electrons. The SMILES string of the molecule is COc1ccc(NC(=O)c2cnc(-c3ccc(Cl)cc3)[nH]c2=O)c([N+](=O)[O-])c1. The first kappa shape index (κ1) is 19.1. The first-order valence-corrected chi connectivity index (χ1v) is 8.26. The second-order valence-electron chi connectivity index (χ2n) is 5.58. The normalized spacial score (nSPS) is 10.4. The van der Waals surface area contributed by atoms with Gasteiger partial charge in [0.05, 0.1) is 18.1 Å². The highest BCUT2D eigenvalue weighted by molar-refractivity contribution is 6.30. The summed E-state index contributed by atoms with van der Waals surface area (Å²) >= 11 is 5.83. The number of nitro benzene ring substituents is 1. The van der Waals surface area contributed by atoms with Crippen molar-refractivity contribution in [3.05, 3.63) is 79.7 Å². The molecule has 2 N–H and O–H groups in total. The van der Waals surface area contributed by atoms with E-state index in [2.05, 4.69) is 15.3 Å². The van der Waals surface area contributed by atoms with Crippen LogP contribution in [0.5, 0.6) is 5.75 Å². The van der Waals surface area contributed by atoms with Gasteiger partial charge in [-0.05, 0) is 36.4 Å². The van der Waals surface area contributed by atoms with E-state index >= 15 is 0 Å². The molecule has 0 bridgehead atoms. The number of carbonyl (C=O) groups excluding carboxylic acids is 1. The number of H-pyrrole nitrogens is 1. The molecule has 2 aromatic carbocycles. The number of methoxy groups -OCH3 is 1. The Labute approximate surface area is 163 Å². The molecule has 3 aromatic rings. The number of halogens is 1. The van der Waals surface area contributed by atoms with E-state index in [0.717, 1.165) is 6.20 Å². The number of hydrogen-bond donors (Lipinski definition) is 2. The van der Waals surface area contributed by atoms with E-state index in [1.165, 1.54) is 25.3 Å². The summed E-state index contributed by atoms with van der Waals surface area (Å²) in [5.74, 6) is -0.310. The van der Waals surface area contributed by atoms with Gasteiger partial charge >= 0.3 is 0 Å². The van der Waals surface area contributed by atoms with E-state index < -0.39 is 16.4 Å². The zero-order valence-electron chi connectivity index (χ0n) is 14.4. The summed E-state index contributed by atoms with van der Waals surface area (Å²) in [4.78, 5) is 41.8. The first-order valence-electron chi connectivity index (χ1n) is 7.88. The molecule has 1 aromatic heterocycles. The highest BCUT2D eigenvalue weighted by Crippen LogP contribution is 2.29. The lowest BCUT2D eigenvalue weighted by atomic mass is 10.2. The smallest absolute Gasteiger partial charge is 0.296 e. The fraction of sp³-hybridized carbons (Fsp3) is 0.0556. The molecule has 0 fully saturated rings. The maximum Gasteiger partial charge on any atom is 0.296 e. The van der Waals surface area contributed by atoms with E-state index in [1.807, 2.05) is 0 Å². The van der Waals surface area contributed by atoms with Crippen LogP contribution in [0.15, 0.2) is 53.5 Å². The largest absolute Gasteiger partial charge is 0.496 e. The summed E-state index contributed by atoms with van der Waals surface area (Å²) < 4.78 is 4.94. The Balaban J connectivity index is 1.88. The average Bonchev–Trinajstić information content (AvgIpc) is 2.68. The van der Waals surface area contributed by atoms with Crippen LogP contribution in [-0.4, -0.2) is 27.9 Å². The van der Waals surface area contributed by atoms with Crippen LogP contribution in [0.25, 0.3) is 11.4 Å². The van der Waals surface area contributed by atoms with Crippen molar-refractivity contribution >= 4 is 28.9 Å². The molecule has 0 spiro atoms. The number of ether oxygens (including phenoxy) is 1. The van der Waals surface area contributed by atoms with Crippen LogP contribution < -0.4 is 15.6 Å². The van der Waals surface area contributed by atoms with Crippen molar-refractivity contribution in [2.75, 3.05) is 12.4 Å². The molecule has 28 heavy (non-hydrogen) atoms. The van der Waals surface area contributed by atoms with E-state index in [-0.39, 0.29) is 28.5 Å². The summed E-state index contributed by atoms with van der Waals surface area (Å²) in [6, 6.07) is 10.6. The van der Waals surface area contributed by atoms with Crippen LogP contribution >= 0.6 is 11.6 Å². The first-order chi connectivity index (χ1) is 13.4. The molecule has 10 heteroatoms. The van der Waals surface area contributed by atoms with Gasteiger partial charge in [0.2, 0.25) is 0 Å². The lowest BCUT2D eigenvalue weighted by Gasteiger charge is -2.08. The fourth-order valence-electron chi connectivity index (χ4n) is 2.40. The number of hydrogen-bond acceptors (Lipinski definition) is 6. The fourth-order valence-corrected chi connectivity index (χ4v) is 2.52. The molecule has 0 aliphatic heterocycles. The quantitative estimate of drug-likeness (QED) is 0.499. The molecular formula is C18H13ClN4O5. The van der Waals surface area contributed by atoms with Crippen molar-refractivity contribution in [3.63, 3.8) is 0 Å². The van der Waals surface area contributed by atoms with Crippen LogP contribution in [0.4, 0.5) is 11.4 Å². The molecule has 0 saturated heterocycles. The summed E-state index contributed by atoms with van der Waals surface area (Å²) in [6.07, 6.45) is 1.10. The van der Waals surface area contributed by atoms with Crippen molar-refractivity contribution in [2.24, 2.45) is 0 Å². The number of benzene rings is 2. The van der Waals surface area contributed by atoms with Crippen molar-refractivity contribution < 1.29 is 14.5 Å². The minimum Gasteiger partial charge on any atom is -0.496 e. The van der Waals surface area contributed by atoms with Gasteiger partial charge < -0.3 is 15.0 Å². The van der Waals surface area contributed by atoms with Crippen LogP contribution in [0, 0.1) is 10.1 Å². The molecular weight excluding hydrogens is 388 g/mol. The summed E-state index contributed by atoms with van der Waals surface area (Å²) in [7, 11) is 1.37. The Hall–Kier alpha value is -3.72. The number of anilines is 1. The Morgan fingerprint density at radius 3 is 2.57 bits per heavy atom. The molecule has 142 valence electrons. The molecule has 0 unspecified atom stereocenters. The zero-order chi connectivity index (χ0) is 20.3.